The van der Waals surface area contributed by atoms with Gasteiger partial charge in [-0.3, -0.25) is 4.79 Å². The first-order valence-corrected chi connectivity index (χ1v) is 8.26. The van der Waals surface area contributed by atoms with Gasteiger partial charge in [-0.25, -0.2) is 13.1 Å². The fourth-order valence-electron chi connectivity index (χ4n) is 2.19. The van der Waals surface area contributed by atoms with Crippen LogP contribution in [0.5, 0.6) is 0 Å². The Morgan fingerprint density at radius 1 is 1.22 bits per heavy atom. The van der Waals surface area contributed by atoms with E-state index in [0.29, 0.717) is 0 Å². The molecular weight excluding hydrogens is 252 g/mol. The predicted octanol–water partition coefficient (Wildman–Crippen LogP) is 1.01. The Kier molecular flexibility index (Phi) is 4.78. The van der Waals surface area contributed by atoms with Crippen molar-refractivity contribution in [3.05, 3.63) is 0 Å². The highest BCUT2D eigenvalue weighted by molar-refractivity contribution is 7.88. The zero-order chi connectivity index (χ0) is 14.0. The molecule has 5 nitrogen and oxygen atoms in total. The molecule has 0 bridgehead atoms. The van der Waals surface area contributed by atoms with Crippen LogP contribution in [-0.4, -0.2) is 32.7 Å². The van der Waals surface area contributed by atoms with Gasteiger partial charge in [-0.05, 0) is 18.3 Å². The molecule has 1 saturated carbocycles. The van der Waals surface area contributed by atoms with Crippen molar-refractivity contribution >= 4 is 15.9 Å². The summed E-state index contributed by atoms with van der Waals surface area (Å²) >= 11 is 0. The van der Waals surface area contributed by atoms with Crippen LogP contribution in [-0.2, 0) is 14.8 Å². The van der Waals surface area contributed by atoms with E-state index in [1.807, 2.05) is 20.8 Å². The third-order valence-corrected chi connectivity index (χ3v) is 3.83. The SMILES string of the molecule is CC(C)(C)C(NS(C)(=O)=O)C(=O)NC1CCCC1. The van der Waals surface area contributed by atoms with Gasteiger partial charge in [-0.15, -0.1) is 0 Å². The molecule has 1 aliphatic rings. The van der Waals surface area contributed by atoms with Gasteiger partial charge in [-0.1, -0.05) is 33.6 Å². The Morgan fingerprint density at radius 3 is 2.11 bits per heavy atom. The van der Waals surface area contributed by atoms with E-state index in [2.05, 4.69) is 10.0 Å². The summed E-state index contributed by atoms with van der Waals surface area (Å²) in [5, 5.41) is 2.94. The molecule has 1 amide bonds. The highest BCUT2D eigenvalue weighted by atomic mass is 32.2. The quantitative estimate of drug-likeness (QED) is 0.804. The highest BCUT2D eigenvalue weighted by Gasteiger charge is 2.34. The molecule has 1 fully saturated rings. The molecule has 0 aliphatic heterocycles. The minimum atomic E-state index is -3.40. The summed E-state index contributed by atoms with van der Waals surface area (Å²) < 4.78 is 25.1. The molecule has 0 saturated heterocycles. The number of hydrogen-bond acceptors (Lipinski definition) is 3. The normalized spacial score (nSPS) is 19.8. The predicted molar refractivity (Wildman–Crippen MR) is 71.6 cm³/mol. The Morgan fingerprint density at radius 2 is 1.72 bits per heavy atom. The Hall–Kier alpha value is -0.620. The summed E-state index contributed by atoms with van der Waals surface area (Å²) in [5.41, 5.74) is -0.453. The second kappa shape index (κ2) is 5.57. The fourth-order valence-corrected chi connectivity index (χ4v) is 3.08. The maximum Gasteiger partial charge on any atom is 0.238 e. The number of carbonyl (C=O) groups is 1. The number of rotatable bonds is 4. The van der Waals surface area contributed by atoms with Gasteiger partial charge < -0.3 is 5.32 Å². The molecule has 1 rings (SSSR count). The molecule has 1 atom stereocenters. The highest BCUT2D eigenvalue weighted by Crippen LogP contribution is 2.22. The minimum Gasteiger partial charge on any atom is -0.352 e. The lowest BCUT2D eigenvalue weighted by atomic mass is 9.87. The first kappa shape index (κ1) is 15.4. The smallest absolute Gasteiger partial charge is 0.238 e. The molecule has 2 N–H and O–H groups in total. The molecule has 1 aliphatic carbocycles. The molecule has 18 heavy (non-hydrogen) atoms. The van der Waals surface area contributed by atoms with Crippen LogP contribution >= 0.6 is 0 Å². The van der Waals surface area contributed by atoms with Gasteiger partial charge in [0.15, 0.2) is 0 Å². The Bertz CT molecular complexity index is 392. The van der Waals surface area contributed by atoms with Crippen LogP contribution in [0.15, 0.2) is 0 Å². The maximum absolute atomic E-state index is 12.2. The van der Waals surface area contributed by atoms with E-state index in [1.54, 1.807) is 0 Å². The van der Waals surface area contributed by atoms with E-state index in [1.165, 1.54) is 0 Å². The monoisotopic (exact) mass is 276 g/mol. The summed E-state index contributed by atoms with van der Waals surface area (Å²) in [7, 11) is -3.40. The van der Waals surface area contributed by atoms with Crippen molar-refractivity contribution in [2.75, 3.05) is 6.26 Å². The fraction of sp³-hybridized carbons (Fsp3) is 0.917. The van der Waals surface area contributed by atoms with E-state index in [-0.39, 0.29) is 11.9 Å². The maximum atomic E-state index is 12.2. The molecule has 1 unspecified atom stereocenters. The Balaban J connectivity index is 2.73. The average Bonchev–Trinajstić information content (AvgIpc) is 2.63. The van der Waals surface area contributed by atoms with E-state index >= 15 is 0 Å². The van der Waals surface area contributed by atoms with Gasteiger partial charge in [0.05, 0.1) is 6.26 Å². The largest absolute Gasteiger partial charge is 0.352 e. The summed E-state index contributed by atoms with van der Waals surface area (Å²) in [4.78, 5) is 12.2. The number of hydrogen-bond donors (Lipinski definition) is 2. The van der Waals surface area contributed by atoms with Crippen LogP contribution in [0.3, 0.4) is 0 Å². The van der Waals surface area contributed by atoms with Crippen LogP contribution in [0.4, 0.5) is 0 Å². The lowest BCUT2D eigenvalue weighted by Crippen LogP contribution is -2.54. The first-order valence-electron chi connectivity index (χ1n) is 6.37. The van der Waals surface area contributed by atoms with Crippen molar-refractivity contribution in [2.45, 2.75) is 58.5 Å². The van der Waals surface area contributed by atoms with Crippen LogP contribution < -0.4 is 10.0 Å². The van der Waals surface area contributed by atoms with Gasteiger partial charge >= 0.3 is 0 Å². The zero-order valence-electron chi connectivity index (χ0n) is 11.6. The van der Waals surface area contributed by atoms with Crippen LogP contribution in [0.1, 0.15) is 46.5 Å². The van der Waals surface area contributed by atoms with E-state index in [4.69, 9.17) is 0 Å². The molecule has 0 spiro atoms. The third kappa shape index (κ3) is 4.94. The summed E-state index contributed by atoms with van der Waals surface area (Å²) in [6.45, 7) is 5.55. The molecule has 0 aromatic heterocycles. The summed E-state index contributed by atoms with van der Waals surface area (Å²) in [6.07, 6.45) is 5.31. The summed E-state index contributed by atoms with van der Waals surface area (Å²) in [5.74, 6) is -0.222. The van der Waals surface area contributed by atoms with E-state index in [0.717, 1.165) is 31.9 Å². The minimum absolute atomic E-state index is 0.198. The standard InChI is InChI=1S/C12H24N2O3S/c1-12(2,3)10(14-18(4,16)17)11(15)13-9-7-5-6-8-9/h9-10,14H,5-8H2,1-4H3,(H,13,15). The van der Waals surface area contributed by atoms with Gasteiger partial charge in [-0.2, -0.15) is 0 Å². The number of carbonyl (C=O) groups excluding carboxylic acids is 1. The number of sulfonamides is 1. The van der Waals surface area contributed by atoms with E-state index < -0.39 is 21.5 Å². The van der Waals surface area contributed by atoms with Crippen molar-refractivity contribution < 1.29 is 13.2 Å². The molecule has 0 aromatic rings. The molecule has 0 radical (unpaired) electrons. The van der Waals surface area contributed by atoms with Crippen molar-refractivity contribution in [3.8, 4) is 0 Å². The first-order chi connectivity index (χ1) is 8.09. The lowest BCUT2D eigenvalue weighted by molar-refractivity contribution is -0.125. The van der Waals surface area contributed by atoms with Crippen molar-refractivity contribution in [1.82, 2.24) is 10.0 Å². The van der Waals surface area contributed by atoms with Crippen LogP contribution in [0, 0.1) is 5.41 Å². The molecular formula is C12H24N2O3S. The van der Waals surface area contributed by atoms with Gasteiger partial charge in [0.25, 0.3) is 0 Å². The topological polar surface area (TPSA) is 75.3 Å². The second-order valence-electron chi connectivity index (χ2n) is 6.18. The van der Waals surface area contributed by atoms with Crippen LogP contribution in [0.25, 0.3) is 0 Å². The Labute approximate surface area is 110 Å². The van der Waals surface area contributed by atoms with E-state index in [9.17, 15) is 13.2 Å². The molecule has 106 valence electrons. The molecule has 0 heterocycles. The van der Waals surface area contributed by atoms with Gasteiger partial charge in [0, 0.05) is 6.04 Å². The molecule has 6 heteroatoms. The average molecular weight is 276 g/mol. The van der Waals surface area contributed by atoms with Crippen molar-refractivity contribution in [2.24, 2.45) is 5.41 Å². The van der Waals surface area contributed by atoms with Gasteiger partial charge in [0.2, 0.25) is 15.9 Å². The molecule has 0 aromatic carbocycles. The second-order valence-corrected chi connectivity index (χ2v) is 7.96. The van der Waals surface area contributed by atoms with Crippen molar-refractivity contribution in [1.29, 1.82) is 0 Å². The van der Waals surface area contributed by atoms with Crippen molar-refractivity contribution in [3.63, 3.8) is 0 Å². The van der Waals surface area contributed by atoms with Gasteiger partial charge in [0.1, 0.15) is 6.04 Å². The lowest BCUT2D eigenvalue weighted by Gasteiger charge is -2.30. The number of nitrogens with one attached hydrogen (secondary N) is 2. The third-order valence-electron chi connectivity index (χ3n) is 3.16. The van der Waals surface area contributed by atoms with Crippen LogP contribution in [0.2, 0.25) is 0 Å². The number of amides is 1. The summed E-state index contributed by atoms with van der Waals surface area (Å²) in [6, 6.07) is -0.531. The zero-order valence-corrected chi connectivity index (χ0v) is 12.4.